The van der Waals surface area contributed by atoms with E-state index in [1.807, 2.05) is 12.3 Å². The molecule has 0 saturated heterocycles. The van der Waals surface area contributed by atoms with Gasteiger partial charge in [-0.3, -0.25) is 4.98 Å². The van der Waals surface area contributed by atoms with Gasteiger partial charge in [0.1, 0.15) is 0 Å². The average Bonchev–Trinajstić information content (AvgIpc) is 2.68. The lowest BCUT2D eigenvalue weighted by Gasteiger charge is -2.01. The van der Waals surface area contributed by atoms with Gasteiger partial charge in [-0.05, 0) is 36.2 Å². The van der Waals surface area contributed by atoms with E-state index in [4.69, 9.17) is 5.73 Å². The van der Waals surface area contributed by atoms with Crippen molar-refractivity contribution in [1.29, 1.82) is 0 Å². The fourth-order valence-corrected chi connectivity index (χ4v) is 1.61. The third kappa shape index (κ3) is 2.67. The first-order chi connectivity index (χ1) is 7.38. The van der Waals surface area contributed by atoms with Crippen molar-refractivity contribution in [2.45, 2.75) is 13.0 Å². The van der Waals surface area contributed by atoms with Gasteiger partial charge in [0.15, 0.2) is 0 Å². The number of hydrogen-bond donors (Lipinski definition) is 1. The molecule has 0 unspecified atom stereocenters. The van der Waals surface area contributed by atoms with E-state index in [1.165, 1.54) is 11.1 Å². The zero-order valence-electron chi connectivity index (χ0n) is 8.63. The molecule has 2 N–H and O–H groups in total. The summed E-state index contributed by atoms with van der Waals surface area (Å²) < 4.78 is 2.15. The zero-order chi connectivity index (χ0) is 10.5. The fourth-order valence-electron chi connectivity index (χ4n) is 1.61. The van der Waals surface area contributed by atoms with Gasteiger partial charge in [0.2, 0.25) is 0 Å². The first-order valence-corrected chi connectivity index (χ1v) is 5.12. The predicted octanol–water partition coefficient (Wildman–Crippen LogP) is 1.43. The minimum absolute atomic E-state index is 0.705. The smallest absolute Gasteiger partial charge is 0.0485 e. The van der Waals surface area contributed by atoms with E-state index in [2.05, 4.69) is 34.1 Å². The van der Waals surface area contributed by atoms with Gasteiger partial charge in [-0.15, -0.1) is 0 Å². The summed E-state index contributed by atoms with van der Waals surface area (Å²) in [5.74, 6) is 0. The van der Waals surface area contributed by atoms with Crippen LogP contribution in [0.25, 0.3) is 0 Å². The Kier molecular flexibility index (Phi) is 3.15. The minimum atomic E-state index is 0.705. The van der Waals surface area contributed by atoms with Crippen molar-refractivity contribution in [3.05, 3.63) is 54.1 Å². The Morgan fingerprint density at radius 2 is 2.20 bits per heavy atom. The van der Waals surface area contributed by atoms with Crippen LogP contribution in [0.5, 0.6) is 0 Å². The molecule has 0 aliphatic heterocycles. The van der Waals surface area contributed by atoms with Gasteiger partial charge in [-0.25, -0.2) is 0 Å². The maximum Gasteiger partial charge on any atom is 0.0485 e. The van der Waals surface area contributed by atoms with Crippen molar-refractivity contribution in [3.8, 4) is 0 Å². The number of nitrogens with two attached hydrogens (primary N) is 1. The molecular weight excluding hydrogens is 186 g/mol. The number of rotatable bonds is 4. The van der Waals surface area contributed by atoms with Crippen molar-refractivity contribution in [1.82, 2.24) is 9.55 Å². The quantitative estimate of drug-likeness (QED) is 0.813. The Hall–Kier alpha value is -1.61. The number of pyridine rings is 1. The zero-order valence-corrected chi connectivity index (χ0v) is 8.63. The first-order valence-electron chi connectivity index (χ1n) is 5.12. The van der Waals surface area contributed by atoms with Gasteiger partial charge in [0.05, 0.1) is 0 Å². The van der Waals surface area contributed by atoms with Crippen molar-refractivity contribution >= 4 is 0 Å². The third-order valence-electron chi connectivity index (χ3n) is 2.33. The van der Waals surface area contributed by atoms with Gasteiger partial charge in [0.25, 0.3) is 0 Å². The fraction of sp³-hybridized carbons (Fsp3) is 0.250. The molecule has 3 heteroatoms. The van der Waals surface area contributed by atoms with Crippen molar-refractivity contribution in [3.63, 3.8) is 0 Å². The molecule has 2 heterocycles. The van der Waals surface area contributed by atoms with Gasteiger partial charge >= 0.3 is 0 Å². The Morgan fingerprint density at radius 1 is 1.27 bits per heavy atom. The molecule has 3 nitrogen and oxygen atoms in total. The van der Waals surface area contributed by atoms with Crippen LogP contribution in [-0.4, -0.2) is 16.1 Å². The highest BCUT2D eigenvalue weighted by Crippen LogP contribution is 2.05. The lowest BCUT2D eigenvalue weighted by atomic mass is 10.2. The molecule has 0 aliphatic rings. The van der Waals surface area contributed by atoms with Crippen LogP contribution >= 0.6 is 0 Å². The Balaban J connectivity index is 2.05. The van der Waals surface area contributed by atoms with Crippen LogP contribution in [0.2, 0.25) is 0 Å². The molecule has 0 radical (unpaired) electrons. The molecule has 78 valence electrons. The van der Waals surface area contributed by atoms with E-state index in [0.29, 0.717) is 6.54 Å². The van der Waals surface area contributed by atoms with E-state index in [0.717, 1.165) is 13.0 Å². The number of nitrogens with zero attached hydrogens (tertiary/aromatic N) is 2. The van der Waals surface area contributed by atoms with E-state index in [-0.39, 0.29) is 0 Å². The summed E-state index contributed by atoms with van der Waals surface area (Å²) in [5.41, 5.74) is 8.01. The Morgan fingerprint density at radius 3 is 2.93 bits per heavy atom. The summed E-state index contributed by atoms with van der Waals surface area (Å²) in [6.45, 7) is 1.58. The van der Waals surface area contributed by atoms with Crippen LogP contribution in [0.1, 0.15) is 11.1 Å². The summed E-state index contributed by atoms with van der Waals surface area (Å²) in [7, 11) is 0. The summed E-state index contributed by atoms with van der Waals surface area (Å²) in [4.78, 5) is 4.09. The summed E-state index contributed by atoms with van der Waals surface area (Å²) >= 11 is 0. The lowest BCUT2D eigenvalue weighted by Crippen LogP contribution is -2.02. The Labute approximate surface area is 89.6 Å². The molecule has 2 aromatic rings. The first kappa shape index (κ1) is 9.93. The number of aromatic nitrogens is 2. The normalized spacial score (nSPS) is 10.5. The average molecular weight is 201 g/mol. The highest BCUT2D eigenvalue weighted by Gasteiger charge is 1.97. The van der Waals surface area contributed by atoms with Crippen molar-refractivity contribution < 1.29 is 0 Å². The molecule has 0 fully saturated rings. The second-order valence-electron chi connectivity index (χ2n) is 3.59. The molecule has 0 bridgehead atoms. The largest absolute Gasteiger partial charge is 0.350 e. The lowest BCUT2D eigenvalue weighted by molar-refractivity contribution is 0.796. The SMILES string of the molecule is NCCc1ccn(Cc2cccnc2)c1. The van der Waals surface area contributed by atoms with Crippen LogP contribution in [0.3, 0.4) is 0 Å². The second-order valence-corrected chi connectivity index (χ2v) is 3.59. The van der Waals surface area contributed by atoms with Crippen LogP contribution in [0.15, 0.2) is 43.0 Å². The van der Waals surface area contributed by atoms with Crippen molar-refractivity contribution in [2.24, 2.45) is 5.73 Å². The minimum Gasteiger partial charge on any atom is -0.350 e. The van der Waals surface area contributed by atoms with E-state index < -0.39 is 0 Å². The van der Waals surface area contributed by atoms with Crippen molar-refractivity contribution in [2.75, 3.05) is 6.54 Å². The molecule has 2 rings (SSSR count). The molecule has 0 amide bonds. The van der Waals surface area contributed by atoms with Gasteiger partial charge < -0.3 is 10.3 Å². The molecule has 0 atom stereocenters. The van der Waals surface area contributed by atoms with Crippen LogP contribution in [-0.2, 0) is 13.0 Å². The topological polar surface area (TPSA) is 43.8 Å². The van der Waals surface area contributed by atoms with Gasteiger partial charge in [-0.1, -0.05) is 6.07 Å². The maximum absolute atomic E-state index is 5.50. The summed E-state index contributed by atoms with van der Waals surface area (Å²) in [6.07, 6.45) is 8.85. The molecule has 0 aromatic carbocycles. The molecule has 0 aliphatic carbocycles. The monoisotopic (exact) mass is 201 g/mol. The van der Waals surface area contributed by atoms with Crippen LogP contribution < -0.4 is 5.73 Å². The van der Waals surface area contributed by atoms with E-state index >= 15 is 0 Å². The second kappa shape index (κ2) is 4.75. The standard InChI is InChI=1S/C12H15N3/c13-5-3-11-4-7-15(9-11)10-12-2-1-6-14-8-12/h1-2,4,6-9H,3,5,10,13H2. The highest BCUT2D eigenvalue weighted by molar-refractivity contribution is 5.14. The summed E-state index contributed by atoms with van der Waals surface area (Å²) in [5, 5.41) is 0. The number of hydrogen-bond acceptors (Lipinski definition) is 2. The summed E-state index contributed by atoms with van der Waals surface area (Å²) in [6, 6.07) is 6.15. The van der Waals surface area contributed by atoms with Gasteiger partial charge in [0, 0.05) is 31.3 Å². The van der Waals surface area contributed by atoms with E-state index in [9.17, 15) is 0 Å². The molecular formula is C12H15N3. The third-order valence-corrected chi connectivity index (χ3v) is 2.33. The maximum atomic E-state index is 5.50. The van der Waals surface area contributed by atoms with Crippen LogP contribution in [0, 0.1) is 0 Å². The van der Waals surface area contributed by atoms with Gasteiger partial charge in [-0.2, -0.15) is 0 Å². The van der Waals surface area contributed by atoms with Crippen LogP contribution in [0.4, 0.5) is 0 Å². The molecule has 2 aromatic heterocycles. The molecule has 15 heavy (non-hydrogen) atoms. The van der Waals surface area contributed by atoms with E-state index in [1.54, 1.807) is 6.20 Å². The predicted molar refractivity (Wildman–Crippen MR) is 60.5 cm³/mol. The highest BCUT2D eigenvalue weighted by atomic mass is 14.9. The molecule has 0 spiro atoms. The molecule has 0 saturated carbocycles. The Bertz CT molecular complexity index is 406.